The summed E-state index contributed by atoms with van der Waals surface area (Å²) in [6, 6.07) is 5.46. The van der Waals surface area contributed by atoms with E-state index in [1.165, 1.54) is 51.6 Å². The summed E-state index contributed by atoms with van der Waals surface area (Å²) in [5, 5.41) is 2.55. The number of carbonyl (C=O) groups excluding carboxylic acids is 3. The van der Waals surface area contributed by atoms with Gasteiger partial charge in [0.1, 0.15) is 18.6 Å². The van der Waals surface area contributed by atoms with E-state index >= 15 is 0 Å². The van der Waals surface area contributed by atoms with Crippen LogP contribution in [0.4, 0.5) is 0 Å². The molecule has 4 rings (SSSR count). The molecule has 174 valence electrons. The Morgan fingerprint density at radius 1 is 1.25 bits per heavy atom. The van der Waals surface area contributed by atoms with Crippen LogP contribution in [-0.4, -0.2) is 66.7 Å². The smallest absolute Gasteiger partial charge is 0.255 e. The topological polar surface area (TPSA) is 79.0 Å². The first kappa shape index (κ1) is 22.8. The van der Waals surface area contributed by atoms with Crippen LogP contribution < -0.4 is 10.1 Å². The lowest BCUT2D eigenvalue weighted by molar-refractivity contribution is -0.121. The summed E-state index contributed by atoms with van der Waals surface area (Å²) in [6.07, 6.45) is 9.12. The van der Waals surface area contributed by atoms with Crippen molar-refractivity contribution in [2.45, 2.75) is 70.0 Å². The number of benzene rings is 1. The Hall–Kier alpha value is -2.41. The third-order valence-corrected chi connectivity index (χ3v) is 7.32. The van der Waals surface area contributed by atoms with Crippen LogP contribution in [0.3, 0.4) is 0 Å². The number of rotatable bonds is 10. The van der Waals surface area contributed by atoms with Crippen molar-refractivity contribution in [1.29, 1.82) is 0 Å². The molecule has 2 amide bonds. The molecule has 0 radical (unpaired) electrons. The minimum Gasteiger partial charge on any atom is -0.492 e. The van der Waals surface area contributed by atoms with Gasteiger partial charge in [-0.2, -0.15) is 0 Å². The van der Waals surface area contributed by atoms with Gasteiger partial charge < -0.3 is 19.7 Å². The van der Waals surface area contributed by atoms with Gasteiger partial charge in [0.15, 0.2) is 0 Å². The first-order chi connectivity index (χ1) is 15.6. The van der Waals surface area contributed by atoms with Gasteiger partial charge in [-0.15, -0.1) is 0 Å². The highest BCUT2D eigenvalue weighted by Crippen LogP contribution is 2.31. The van der Waals surface area contributed by atoms with E-state index in [9.17, 15) is 14.4 Å². The molecule has 32 heavy (non-hydrogen) atoms. The molecular weight excluding hydrogens is 406 g/mol. The molecule has 1 aromatic rings. The molecule has 1 aromatic carbocycles. The lowest BCUT2D eigenvalue weighted by atomic mass is 9.84. The number of hydrogen-bond donors (Lipinski definition) is 1. The molecule has 0 bridgehead atoms. The van der Waals surface area contributed by atoms with Crippen LogP contribution in [0, 0.1) is 5.92 Å². The number of ether oxygens (including phenoxy) is 1. The van der Waals surface area contributed by atoms with Gasteiger partial charge in [-0.1, -0.05) is 12.8 Å². The number of nitrogens with zero attached hydrogens (tertiary/aromatic N) is 2. The highest BCUT2D eigenvalue weighted by Gasteiger charge is 2.33. The van der Waals surface area contributed by atoms with Crippen LogP contribution in [0.1, 0.15) is 67.3 Å². The largest absolute Gasteiger partial charge is 0.492 e. The van der Waals surface area contributed by atoms with Gasteiger partial charge in [0.2, 0.25) is 5.91 Å². The maximum atomic E-state index is 12.8. The number of carbonyl (C=O) groups is 3. The van der Waals surface area contributed by atoms with E-state index in [1.54, 1.807) is 18.0 Å². The molecule has 1 aliphatic carbocycles. The third-order valence-electron chi connectivity index (χ3n) is 7.32. The summed E-state index contributed by atoms with van der Waals surface area (Å²) >= 11 is 0. The number of aldehydes is 1. The molecular formula is C25H35N3O4. The van der Waals surface area contributed by atoms with E-state index in [4.69, 9.17) is 4.74 Å². The second-order valence-electron chi connectivity index (χ2n) is 9.42. The van der Waals surface area contributed by atoms with Crippen molar-refractivity contribution in [3.63, 3.8) is 0 Å². The second kappa shape index (κ2) is 10.5. The number of piperidine rings is 1. The lowest BCUT2D eigenvalue weighted by Crippen LogP contribution is -2.46. The normalized spacial score (nSPS) is 22.2. The zero-order chi connectivity index (χ0) is 22.5. The highest BCUT2D eigenvalue weighted by atomic mass is 16.5. The Morgan fingerprint density at radius 3 is 2.81 bits per heavy atom. The number of amides is 2. The fourth-order valence-corrected chi connectivity index (χ4v) is 5.07. The minimum atomic E-state index is -0.598. The van der Waals surface area contributed by atoms with Crippen molar-refractivity contribution in [2.75, 3.05) is 26.7 Å². The predicted octanol–water partition coefficient (Wildman–Crippen LogP) is 2.77. The van der Waals surface area contributed by atoms with Crippen molar-refractivity contribution in [1.82, 2.24) is 15.1 Å². The minimum absolute atomic E-state index is 0.134. The summed E-state index contributed by atoms with van der Waals surface area (Å²) in [5.74, 6) is 1.35. The van der Waals surface area contributed by atoms with E-state index in [1.807, 2.05) is 12.1 Å². The maximum absolute atomic E-state index is 12.8. The molecule has 0 aromatic heterocycles. The third kappa shape index (κ3) is 5.14. The molecule has 1 N–H and O–H groups in total. The van der Waals surface area contributed by atoms with Gasteiger partial charge in [-0.05, 0) is 68.3 Å². The van der Waals surface area contributed by atoms with Crippen molar-refractivity contribution in [2.24, 2.45) is 5.92 Å². The summed E-state index contributed by atoms with van der Waals surface area (Å²) in [7, 11) is 1.57. The maximum Gasteiger partial charge on any atom is 0.255 e. The van der Waals surface area contributed by atoms with Crippen molar-refractivity contribution >= 4 is 18.1 Å². The van der Waals surface area contributed by atoms with E-state index in [0.29, 0.717) is 31.2 Å². The van der Waals surface area contributed by atoms with Crippen molar-refractivity contribution < 1.29 is 19.1 Å². The number of hydrogen-bond acceptors (Lipinski definition) is 5. The van der Waals surface area contributed by atoms with Crippen LogP contribution in [0.5, 0.6) is 5.75 Å². The standard InChI is InChI=1S/C25H35N3O4/c1-26-24(30)11-8-20(16-29)28-15-19-13-22(9-10-23(19)25(28)31)32-17-21-7-2-3-12-27(21)14-18-5-4-6-18/h9-10,13,16,18,20-21H,2-8,11-12,14-15,17H2,1H3,(H,26,30). The van der Waals surface area contributed by atoms with Gasteiger partial charge in [-0.3, -0.25) is 14.5 Å². The van der Waals surface area contributed by atoms with E-state index < -0.39 is 6.04 Å². The average molecular weight is 442 g/mol. The summed E-state index contributed by atoms with van der Waals surface area (Å²) in [6.45, 7) is 3.41. The van der Waals surface area contributed by atoms with Crippen LogP contribution in [0.15, 0.2) is 18.2 Å². The molecule has 7 nitrogen and oxygen atoms in total. The van der Waals surface area contributed by atoms with Crippen molar-refractivity contribution in [3.05, 3.63) is 29.3 Å². The second-order valence-corrected chi connectivity index (χ2v) is 9.42. The first-order valence-electron chi connectivity index (χ1n) is 12.1. The van der Waals surface area contributed by atoms with Gasteiger partial charge in [0, 0.05) is 38.2 Å². The van der Waals surface area contributed by atoms with Crippen LogP contribution in [0.25, 0.3) is 0 Å². The van der Waals surface area contributed by atoms with Gasteiger partial charge in [0.25, 0.3) is 5.91 Å². The average Bonchev–Trinajstić information content (AvgIpc) is 3.11. The van der Waals surface area contributed by atoms with Gasteiger partial charge in [-0.25, -0.2) is 0 Å². The molecule has 1 saturated carbocycles. The molecule has 0 spiro atoms. The van der Waals surface area contributed by atoms with Crippen LogP contribution in [0.2, 0.25) is 0 Å². The van der Waals surface area contributed by atoms with Gasteiger partial charge in [0.05, 0.1) is 6.04 Å². The Labute approximate surface area is 190 Å². The van der Waals surface area contributed by atoms with Gasteiger partial charge >= 0.3 is 0 Å². The number of nitrogens with one attached hydrogen (secondary N) is 1. The van der Waals surface area contributed by atoms with E-state index in [2.05, 4.69) is 10.2 Å². The first-order valence-corrected chi connectivity index (χ1v) is 12.1. The summed E-state index contributed by atoms with van der Waals surface area (Å²) < 4.78 is 6.19. The fourth-order valence-electron chi connectivity index (χ4n) is 5.07. The Morgan fingerprint density at radius 2 is 2.09 bits per heavy atom. The SMILES string of the molecule is CNC(=O)CCC(C=O)N1Cc2cc(OCC3CCCCN3CC3CCC3)ccc2C1=O. The monoisotopic (exact) mass is 441 g/mol. The number of fused-ring (bicyclic) bond motifs is 1. The Kier molecular flexibility index (Phi) is 7.45. The number of likely N-dealkylation sites (tertiary alicyclic amines) is 1. The van der Waals surface area contributed by atoms with Crippen molar-refractivity contribution in [3.8, 4) is 5.75 Å². The summed E-state index contributed by atoms with van der Waals surface area (Å²) in [5.41, 5.74) is 1.50. The zero-order valence-corrected chi connectivity index (χ0v) is 19.1. The lowest BCUT2D eigenvalue weighted by Gasteiger charge is -2.39. The Bertz CT molecular complexity index is 838. The molecule has 2 heterocycles. The highest BCUT2D eigenvalue weighted by molar-refractivity contribution is 5.99. The van der Waals surface area contributed by atoms with Crippen LogP contribution in [-0.2, 0) is 16.1 Å². The quantitative estimate of drug-likeness (QED) is 0.565. The van der Waals surface area contributed by atoms with E-state index in [0.717, 1.165) is 23.5 Å². The molecule has 2 atom stereocenters. The molecule has 2 fully saturated rings. The Balaban J connectivity index is 1.35. The summed E-state index contributed by atoms with van der Waals surface area (Å²) in [4.78, 5) is 40.2. The molecule has 3 aliphatic rings. The molecule has 1 saturated heterocycles. The molecule has 2 unspecified atom stereocenters. The van der Waals surface area contributed by atoms with E-state index in [-0.39, 0.29) is 18.2 Å². The predicted molar refractivity (Wildman–Crippen MR) is 122 cm³/mol. The zero-order valence-electron chi connectivity index (χ0n) is 19.1. The molecule has 7 heteroatoms. The fraction of sp³-hybridized carbons (Fsp3) is 0.640. The molecule has 2 aliphatic heterocycles. The van der Waals surface area contributed by atoms with Crippen LogP contribution >= 0.6 is 0 Å².